The Morgan fingerprint density at radius 3 is 2.65 bits per heavy atom. The lowest BCUT2D eigenvalue weighted by Crippen LogP contribution is -2.48. The summed E-state index contributed by atoms with van der Waals surface area (Å²) in [7, 11) is 0. The van der Waals surface area contributed by atoms with Gasteiger partial charge in [0.15, 0.2) is 0 Å². The first kappa shape index (κ1) is 18.3. The number of aliphatic carboxylic acids is 1. The summed E-state index contributed by atoms with van der Waals surface area (Å²) in [4.78, 5) is 37.5. The second-order valence-corrected chi connectivity index (χ2v) is 6.77. The molecule has 0 aliphatic carbocycles. The quantitative estimate of drug-likeness (QED) is 0.818. The zero-order chi connectivity index (χ0) is 18.7. The first-order valence-electron chi connectivity index (χ1n) is 8.57. The zero-order valence-corrected chi connectivity index (χ0v) is 14.2. The lowest BCUT2D eigenvalue weighted by Gasteiger charge is -2.33. The van der Waals surface area contributed by atoms with Gasteiger partial charge in [-0.3, -0.25) is 14.4 Å². The third-order valence-corrected chi connectivity index (χ3v) is 5.14. The Bertz CT molecular complexity index is 717. The first-order valence-corrected chi connectivity index (χ1v) is 8.57. The van der Waals surface area contributed by atoms with Crippen molar-refractivity contribution in [3.05, 3.63) is 30.1 Å². The highest BCUT2D eigenvalue weighted by atomic mass is 19.1. The molecule has 140 valence electrons. The second kappa shape index (κ2) is 7.41. The highest BCUT2D eigenvalue weighted by molar-refractivity contribution is 6.00. The second-order valence-electron chi connectivity index (χ2n) is 6.77. The molecule has 3 rings (SSSR count). The molecular formula is C18H21FN2O5. The molecule has 2 N–H and O–H groups in total. The highest BCUT2D eigenvalue weighted by Crippen LogP contribution is 2.31. The number of nitrogens with one attached hydrogen (secondary N) is 1. The number of carbonyl (C=O) groups excluding carboxylic acids is 2. The van der Waals surface area contributed by atoms with Gasteiger partial charge in [0.2, 0.25) is 11.8 Å². The van der Waals surface area contributed by atoms with E-state index in [4.69, 9.17) is 4.74 Å². The van der Waals surface area contributed by atoms with E-state index in [0.717, 1.165) is 0 Å². The van der Waals surface area contributed by atoms with Crippen LogP contribution in [0.1, 0.15) is 19.3 Å². The van der Waals surface area contributed by atoms with Gasteiger partial charge in [-0.2, -0.15) is 0 Å². The van der Waals surface area contributed by atoms with Crippen molar-refractivity contribution in [1.29, 1.82) is 0 Å². The normalized spacial score (nSPS) is 22.3. The summed E-state index contributed by atoms with van der Waals surface area (Å²) in [5, 5.41) is 12.2. The van der Waals surface area contributed by atoms with Crippen LogP contribution in [-0.2, 0) is 19.1 Å². The molecule has 0 radical (unpaired) electrons. The van der Waals surface area contributed by atoms with Crippen molar-refractivity contribution in [2.45, 2.75) is 19.3 Å². The maximum Gasteiger partial charge on any atom is 0.311 e. The molecule has 2 aliphatic rings. The number of hydrogen-bond acceptors (Lipinski definition) is 4. The maximum atomic E-state index is 13.9. The molecule has 2 amide bonds. The summed E-state index contributed by atoms with van der Waals surface area (Å²) in [6, 6.07) is 5.91. The molecule has 2 fully saturated rings. The van der Waals surface area contributed by atoms with E-state index in [2.05, 4.69) is 5.32 Å². The fourth-order valence-corrected chi connectivity index (χ4v) is 3.42. The molecular weight excluding hydrogens is 343 g/mol. The molecule has 0 aromatic heterocycles. The van der Waals surface area contributed by atoms with Crippen LogP contribution in [0.2, 0.25) is 0 Å². The van der Waals surface area contributed by atoms with Gasteiger partial charge in [-0.1, -0.05) is 12.1 Å². The summed E-state index contributed by atoms with van der Waals surface area (Å²) in [5.41, 5.74) is -0.888. The van der Waals surface area contributed by atoms with Crippen LogP contribution in [0.25, 0.3) is 0 Å². The summed E-state index contributed by atoms with van der Waals surface area (Å²) >= 11 is 0. The van der Waals surface area contributed by atoms with Crippen LogP contribution in [-0.4, -0.2) is 49.2 Å². The van der Waals surface area contributed by atoms with Gasteiger partial charge in [-0.15, -0.1) is 0 Å². The van der Waals surface area contributed by atoms with E-state index in [-0.39, 0.29) is 37.0 Å². The lowest BCUT2D eigenvalue weighted by molar-refractivity contribution is -0.154. The Hall–Kier alpha value is -2.48. The Balaban J connectivity index is 1.63. The van der Waals surface area contributed by atoms with Gasteiger partial charge in [0, 0.05) is 32.7 Å². The Morgan fingerprint density at radius 1 is 1.31 bits per heavy atom. The predicted octanol–water partition coefficient (Wildman–Crippen LogP) is 1.18. The Kier molecular flexibility index (Phi) is 5.22. The number of rotatable bonds is 5. The number of carboxylic acid groups (broad SMARTS) is 1. The molecule has 26 heavy (non-hydrogen) atoms. The van der Waals surface area contributed by atoms with E-state index < -0.39 is 23.1 Å². The summed E-state index contributed by atoms with van der Waals surface area (Å²) in [5.74, 6) is -2.82. The largest absolute Gasteiger partial charge is 0.481 e. The standard InChI is InChI=1S/C18H21FN2O5/c19-13-3-1-2-4-14(13)21-10-12(9-15(21)22)16(23)20-11-18(17(24)25)5-7-26-8-6-18/h1-4,12H,5-11H2,(H,20,23)(H,24,25). The van der Waals surface area contributed by atoms with Crippen LogP contribution < -0.4 is 10.2 Å². The molecule has 2 aliphatic heterocycles. The van der Waals surface area contributed by atoms with Gasteiger partial charge in [0.1, 0.15) is 5.82 Å². The molecule has 0 saturated carbocycles. The minimum absolute atomic E-state index is 0.00504. The maximum absolute atomic E-state index is 13.9. The van der Waals surface area contributed by atoms with Gasteiger partial charge < -0.3 is 20.1 Å². The third-order valence-electron chi connectivity index (χ3n) is 5.14. The van der Waals surface area contributed by atoms with Gasteiger partial charge in [0.05, 0.1) is 17.0 Å². The van der Waals surface area contributed by atoms with Crippen LogP contribution in [0, 0.1) is 17.2 Å². The highest BCUT2D eigenvalue weighted by Gasteiger charge is 2.42. The van der Waals surface area contributed by atoms with E-state index in [0.29, 0.717) is 26.1 Å². The van der Waals surface area contributed by atoms with Crippen molar-refractivity contribution >= 4 is 23.5 Å². The number of amides is 2. The van der Waals surface area contributed by atoms with Crippen molar-refractivity contribution in [3.63, 3.8) is 0 Å². The monoisotopic (exact) mass is 364 g/mol. The number of carboxylic acids is 1. The lowest BCUT2D eigenvalue weighted by atomic mass is 9.80. The van der Waals surface area contributed by atoms with Crippen molar-refractivity contribution in [2.75, 3.05) is 31.2 Å². The van der Waals surface area contributed by atoms with E-state index in [1.165, 1.54) is 23.1 Å². The van der Waals surface area contributed by atoms with Crippen LogP contribution in [0.4, 0.5) is 10.1 Å². The van der Waals surface area contributed by atoms with Crippen molar-refractivity contribution in [1.82, 2.24) is 5.32 Å². The predicted molar refractivity (Wildman–Crippen MR) is 90.0 cm³/mol. The molecule has 0 spiro atoms. The minimum atomic E-state index is -1.04. The minimum Gasteiger partial charge on any atom is -0.481 e. The third kappa shape index (κ3) is 3.55. The fraction of sp³-hybridized carbons (Fsp3) is 0.500. The number of benzene rings is 1. The molecule has 2 saturated heterocycles. The number of carbonyl (C=O) groups is 3. The average Bonchev–Trinajstić information content (AvgIpc) is 3.02. The molecule has 7 nitrogen and oxygen atoms in total. The van der Waals surface area contributed by atoms with Gasteiger partial charge in [0.25, 0.3) is 0 Å². The fourth-order valence-electron chi connectivity index (χ4n) is 3.42. The molecule has 8 heteroatoms. The van der Waals surface area contributed by atoms with E-state index in [1.54, 1.807) is 6.07 Å². The van der Waals surface area contributed by atoms with Gasteiger partial charge in [-0.05, 0) is 25.0 Å². The molecule has 1 aromatic rings. The first-order chi connectivity index (χ1) is 12.4. The van der Waals surface area contributed by atoms with Gasteiger partial charge >= 0.3 is 5.97 Å². The number of anilines is 1. The van der Waals surface area contributed by atoms with Crippen LogP contribution in [0.5, 0.6) is 0 Å². The van der Waals surface area contributed by atoms with E-state index in [1.807, 2.05) is 0 Å². The van der Waals surface area contributed by atoms with Crippen LogP contribution in [0.3, 0.4) is 0 Å². The van der Waals surface area contributed by atoms with E-state index in [9.17, 15) is 23.9 Å². The van der Waals surface area contributed by atoms with E-state index >= 15 is 0 Å². The molecule has 2 heterocycles. The Morgan fingerprint density at radius 2 is 2.00 bits per heavy atom. The summed E-state index contributed by atoms with van der Waals surface area (Å²) < 4.78 is 19.1. The number of para-hydroxylation sites is 1. The molecule has 1 aromatic carbocycles. The van der Waals surface area contributed by atoms with Crippen molar-refractivity contribution in [2.24, 2.45) is 11.3 Å². The number of nitrogens with zero attached hydrogens (tertiary/aromatic N) is 1. The average molecular weight is 364 g/mol. The van der Waals surface area contributed by atoms with Gasteiger partial charge in [-0.25, -0.2) is 4.39 Å². The Labute approximate surface area is 150 Å². The number of hydrogen-bond donors (Lipinski definition) is 2. The van der Waals surface area contributed by atoms with Crippen LogP contribution >= 0.6 is 0 Å². The number of ether oxygens (including phenoxy) is 1. The molecule has 0 bridgehead atoms. The van der Waals surface area contributed by atoms with Crippen LogP contribution in [0.15, 0.2) is 24.3 Å². The van der Waals surface area contributed by atoms with Crippen molar-refractivity contribution < 1.29 is 28.6 Å². The number of halogens is 1. The zero-order valence-electron chi connectivity index (χ0n) is 14.2. The smallest absolute Gasteiger partial charge is 0.311 e. The molecule has 1 atom stereocenters. The topological polar surface area (TPSA) is 95.9 Å². The summed E-state index contributed by atoms with van der Waals surface area (Å²) in [6.45, 7) is 0.750. The summed E-state index contributed by atoms with van der Waals surface area (Å²) in [6.07, 6.45) is 0.629. The SMILES string of the molecule is O=C(NCC1(C(=O)O)CCOCC1)C1CC(=O)N(c2ccccc2F)C1. The van der Waals surface area contributed by atoms with Crippen molar-refractivity contribution in [3.8, 4) is 0 Å². The molecule has 1 unspecified atom stereocenters.